The highest BCUT2D eigenvalue weighted by Crippen LogP contribution is 2.15. The molecule has 0 atom stereocenters. The molecule has 0 aliphatic heterocycles. The molecule has 0 saturated carbocycles. The van der Waals surface area contributed by atoms with Crippen LogP contribution in [0.5, 0.6) is 0 Å². The molecule has 5 nitrogen and oxygen atoms in total. The molecule has 0 aliphatic carbocycles. The van der Waals surface area contributed by atoms with Crippen LogP contribution in [-0.4, -0.2) is 41.5 Å². The molecule has 0 spiro atoms. The zero-order chi connectivity index (χ0) is 20.2. The van der Waals surface area contributed by atoms with E-state index in [1.807, 2.05) is 0 Å². The Bertz CT molecular complexity index is 330. The maximum atomic E-state index is 11.8. The normalized spacial score (nSPS) is 11.7. The molecule has 4 N–H and O–H groups in total. The molecule has 0 fully saturated rings. The molecule has 0 unspecified atom stereocenters. The van der Waals surface area contributed by atoms with E-state index >= 15 is 0 Å². The Morgan fingerprint density at radius 1 is 0.778 bits per heavy atom. The van der Waals surface area contributed by atoms with Gasteiger partial charge in [-0.05, 0) is 19.3 Å². The highest BCUT2D eigenvalue weighted by molar-refractivity contribution is 5.69. The molecule has 27 heavy (non-hydrogen) atoms. The topological polar surface area (TPSA) is 92.8 Å². The lowest BCUT2D eigenvalue weighted by Gasteiger charge is -2.27. The van der Waals surface area contributed by atoms with Gasteiger partial charge in [-0.2, -0.15) is 0 Å². The van der Waals surface area contributed by atoms with Gasteiger partial charge in [0, 0.05) is 19.6 Å². The Hall–Kier alpha value is -0.650. The number of hydrogen-bond acceptors (Lipinski definition) is 5. The average Bonchev–Trinajstić information content (AvgIpc) is 2.64. The second-order valence-electron chi connectivity index (χ2n) is 7.96. The molecule has 162 valence electrons. The van der Waals surface area contributed by atoms with Crippen molar-refractivity contribution >= 4 is 5.97 Å². The summed E-state index contributed by atoms with van der Waals surface area (Å²) < 4.78 is 5.23. The molecule has 0 radical (unpaired) electrons. The minimum absolute atomic E-state index is 0.0609. The number of carbonyl (C=O) groups excluding carboxylic acids is 1. The summed E-state index contributed by atoms with van der Waals surface area (Å²) in [5.41, 5.74) is 5.22. The van der Waals surface area contributed by atoms with Crippen LogP contribution in [0.4, 0.5) is 0 Å². The van der Waals surface area contributed by atoms with Crippen LogP contribution in [0.15, 0.2) is 0 Å². The van der Waals surface area contributed by atoms with Crippen molar-refractivity contribution in [2.24, 2.45) is 5.73 Å². The first-order chi connectivity index (χ1) is 13.1. The van der Waals surface area contributed by atoms with Crippen LogP contribution in [0.1, 0.15) is 110 Å². The maximum absolute atomic E-state index is 11.8. The smallest absolute Gasteiger partial charge is 0.305 e. The van der Waals surface area contributed by atoms with E-state index in [4.69, 9.17) is 20.7 Å². The highest BCUT2D eigenvalue weighted by Gasteiger charge is 2.25. The average molecular weight is 388 g/mol. The summed E-state index contributed by atoms with van der Waals surface area (Å²) in [7, 11) is 0. The van der Waals surface area contributed by atoms with Gasteiger partial charge in [0.2, 0.25) is 0 Å². The van der Waals surface area contributed by atoms with Crippen molar-refractivity contribution in [3.05, 3.63) is 0 Å². The van der Waals surface area contributed by atoms with E-state index in [0.29, 0.717) is 19.3 Å². The second-order valence-corrected chi connectivity index (χ2v) is 7.96. The second kappa shape index (κ2) is 18.7. The Morgan fingerprint density at radius 2 is 1.19 bits per heavy atom. The van der Waals surface area contributed by atoms with Gasteiger partial charge in [-0.15, -0.1) is 0 Å². The number of unbranched alkanes of at least 4 members (excludes halogenated alkanes) is 12. The molecule has 0 heterocycles. The number of rotatable bonds is 20. The summed E-state index contributed by atoms with van der Waals surface area (Å²) in [6.07, 6.45) is 17.7. The van der Waals surface area contributed by atoms with Crippen LogP contribution in [0, 0.1) is 0 Å². The van der Waals surface area contributed by atoms with Gasteiger partial charge in [0.05, 0.1) is 5.54 Å². The van der Waals surface area contributed by atoms with Crippen molar-refractivity contribution in [2.45, 2.75) is 115 Å². The summed E-state index contributed by atoms with van der Waals surface area (Å²) in [6, 6.07) is 0. The SMILES string of the molecule is CCCCCCCCCCCCCCCC(=O)OCC(N)(CCO)CCO. The largest absolute Gasteiger partial charge is 0.464 e. The number of carbonyl (C=O) groups is 1. The van der Waals surface area contributed by atoms with Crippen LogP contribution >= 0.6 is 0 Å². The first-order valence-electron chi connectivity index (χ1n) is 11.2. The monoisotopic (exact) mass is 387 g/mol. The third-order valence-electron chi connectivity index (χ3n) is 5.22. The first kappa shape index (κ1) is 26.4. The molecule has 0 aliphatic rings. The number of aliphatic hydroxyl groups excluding tert-OH is 2. The van der Waals surface area contributed by atoms with E-state index in [0.717, 1.165) is 12.8 Å². The van der Waals surface area contributed by atoms with Crippen LogP contribution in [0.2, 0.25) is 0 Å². The van der Waals surface area contributed by atoms with Gasteiger partial charge in [-0.3, -0.25) is 4.79 Å². The van der Waals surface area contributed by atoms with Gasteiger partial charge in [0.15, 0.2) is 0 Å². The molecule has 0 aromatic carbocycles. The maximum Gasteiger partial charge on any atom is 0.305 e. The van der Waals surface area contributed by atoms with Gasteiger partial charge in [-0.1, -0.05) is 84.0 Å². The molecule has 0 aromatic heterocycles. The molecule has 5 heteroatoms. The molecular weight excluding hydrogens is 342 g/mol. The van der Waals surface area contributed by atoms with Crippen LogP contribution < -0.4 is 5.73 Å². The quantitative estimate of drug-likeness (QED) is 0.212. The van der Waals surface area contributed by atoms with Crippen molar-refractivity contribution in [3.8, 4) is 0 Å². The summed E-state index contributed by atoms with van der Waals surface area (Å²) in [5.74, 6) is -0.233. The lowest BCUT2D eigenvalue weighted by Crippen LogP contribution is -2.46. The van der Waals surface area contributed by atoms with E-state index in [1.54, 1.807) is 0 Å². The fraction of sp³-hybridized carbons (Fsp3) is 0.955. The predicted molar refractivity (Wildman–Crippen MR) is 112 cm³/mol. The zero-order valence-corrected chi connectivity index (χ0v) is 17.7. The third-order valence-corrected chi connectivity index (χ3v) is 5.22. The number of ether oxygens (including phenoxy) is 1. The highest BCUT2D eigenvalue weighted by atomic mass is 16.5. The lowest BCUT2D eigenvalue weighted by atomic mass is 9.94. The molecule has 0 amide bonds. The van der Waals surface area contributed by atoms with Crippen LogP contribution in [-0.2, 0) is 9.53 Å². The summed E-state index contributed by atoms with van der Waals surface area (Å²) in [6.45, 7) is 2.16. The van der Waals surface area contributed by atoms with Crippen molar-refractivity contribution in [2.75, 3.05) is 19.8 Å². The van der Waals surface area contributed by atoms with Gasteiger partial charge < -0.3 is 20.7 Å². The predicted octanol–water partition coefficient (Wildman–Crippen LogP) is 4.47. The first-order valence-corrected chi connectivity index (χ1v) is 11.2. The molecule has 0 rings (SSSR count). The molecular formula is C22H45NO4. The molecule has 0 saturated heterocycles. The summed E-state index contributed by atoms with van der Waals surface area (Å²) in [5, 5.41) is 18.1. The van der Waals surface area contributed by atoms with Crippen LogP contribution in [0.25, 0.3) is 0 Å². The number of nitrogens with two attached hydrogens (primary N) is 1. The van der Waals surface area contributed by atoms with E-state index in [1.165, 1.54) is 70.6 Å². The van der Waals surface area contributed by atoms with E-state index in [2.05, 4.69) is 6.92 Å². The molecule has 0 aromatic rings. The summed E-state index contributed by atoms with van der Waals surface area (Å²) in [4.78, 5) is 11.8. The van der Waals surface area contributed by atoms with Crippen molar-refractivity contribution in [3.63, 3.8) is 0 Å². The van der Waals surface area contributed by atoms with Crippen molar-refractivity contribution in [1.82, 2.24) is 0 Å². The minimum Gasteiger partial charge on any atom is -0.464 e. The Kier molecular flexibility index (Phi) is 18.3. The Balaban J connectivity index is 3.45. The van der Waals surface area contributed by atoms with Crippen molar-refractivity contribution < 1.29 is 19.7 Å². The fourth-order valence-electron chi connectivity index (χ4n) is 3.30. The standard InChI is InChI=1S/C22H45NO4/c1-2-3-4-5-6-7-8-9-10-11-12-13-14-15-21(26)27-20-22(23,16-18-24)17-19-25/h24-25H,2-20,23H2,1H3. The summed E-state index contributed by atoms with van der Waals surface area (Å²) >= 11 is 0. The van der Waals surface area contributed by atoms with Gasteiger partial charge in [0.1, 0.15) is 6.61 Å². The number of aliphatic hydroxyl groups is 2. The van der Waals surface area contributed by atoms with Crippen LogP contribution in [0.3, 0.4) is 0 Å². The fourth-order valence-corrected chi connectivity index (χ4v) is 3.30. The Labute approximate surface area is 167 Å². The molecule has 0 bridgehead atoms. The number of hydrogen-bond donors (Lipinski definition) is 3. The zero-order valence-electron chi connectivity index (χ0n) is 17.7. The third kappa shape index (κ3) is 17.2. The van der Waals surface area contributed by atoms with Gasteiger partial charge >= 0.3 is 5.97 Å². The van der Waals surface area contributed by atoms with Crippen molar-refractivity contribution in [1.29, 1.82) is 0 Å². The number of esters is 1. The van der Waals surface area contributed by atoms with E-state index < -0.39 is 5.54 Å². The van der Waals surface area contributed by atoms with Gasteiger partial charge in [-0.25, -0.2) is 0 Å². The van der Waals surface area contributed by atoms with E-state index in [9.17, 15) is 4.79 Å². The minimum atomic E-state index is -0.824. The lowest BCUT2D eigenvalue weighted by molar-refractivity contribution is -0.146. The van der Waals surface area contributed by atoms with Gasteiger partial charge in [0.25, 0.3) is 0 Å². The Morgan fingerprint density at radius 3 is 1.59 bits per heavy atom. The van der Waals surface area contributed by atoms with E-state index in [-0.39, 0.29) is 25.8 Å².